The molecule has 59 heavy (non-hydrogen) atoms. The number of hydrogen-bond acceptors (Lipinski definition) is 12. The van der Waals surface area contributed by atoms with Crippen LogP contribution in [0.15, 0.2) is 42.5 Å². The molecule has 2 N–H and O–H groups in total. The van der Waals surface area contributed by atoms with Crippen molar-refractivity contribution in [1.29, 1.82) is 5.26 Å². The number of nitrogens with zero attached hydrogens (tertiary/aromatic N) is 7. The Balaban J connectivity index is 0.724. The number of halogens is 2. The quantitative estimate of drug-likeness (QED) is 0.298. The Morgan fingerprint density at radius 1 is 0.915 bits per heavy atom. The number of rotatable bonds is 9. The van der Waals surface area contributed by atoms with E-state index in [0.29, 0.717) is 35.3 Å². The molecule has 1 aliphatic carbocycles. The van der Waals surface area contributed by atoms with Gasteiger partial charge in [-0.15, -0.1) is 10.2 Å². The molecule has 3 atom stereocenters. The molecule has 3 unspecified atom stereocenters. The number of piperazine rings is 1. The molecule has 5 amide bonds. The summed E-state index contributed by atoms with van der Waals surface area (Å²) in [4.78, 5) is 71.2. The van der Waals surface area contributed by atoms with Crippen LogP contribution < -0.4 is 25.2 Å². The number of fused-ring (bicyclic) bond motifs is 3. The number of carbonyl (C=O) groups is 5. The Bertz CT molecular complexity index is 2240. The van der Waals surface area contributed by atoms with Crippen LogP contribution in [-0.4, -0.2) is 113 Å². The molecule has 15 nitrogen and oxygen atoms in total. The summed E-state index contributed by atoms with van der Waals surface area (Å²) in [5, 5.41) is 23.4. The highest BCUT2D eigenvalue weighted by Gasteiger charge is 2.48. The van der Waals surface area contributed by atoms with E-state index in [4.69, 9.17) is 21.6 Å². The molecule has 1 saturated carbocycles. The van der Waals surface area contributed by atoms with Crippen LogP contribution in [0.2, 0.25) is 5.02 Å². The fourth-order valence-corrected chi connectivity index (χ4v) is 9.81. The van der Waals surface area contributed by atoms with Gasteiger partial charge < -0.3 is 19.9 Å². The van der Waals surface area contributed by atoms with Gasteiger partial charge in [0.15, 0.2) is 11.5 Å². The van der Waals surface area contributed by atoms with E-state index in [1.54, 1.807) is 24.3 Å². The van der Waals surface area contributed by atoms with Gasteiger partial charge in [-0.25, -0.2) is 4.39 Å². The zero-order valence-electron chi connectivity index (χ0n) is 32.2. The predicted molar refractivity (Wildman–Crippen MR) is 211 cm³/mol. The number of piperidine rings is 3. The van der Waals surface area contributed by atoms with E-state index < -0.39 is 35.5 Å². The lowest BCUT2D eigenvalue weighted by Gasteiger charge is -2.58. The van der Waals surface area contributed by atoms with Crippen LogP contribution >= 0.6 is 11.6 Å². The number of nitriles is 1. The van der Waals surface area contributed by atoms with Gasteiger partial charge in [0.2, 0.25) is 11.8 Å². The van der Waals surface area contributed by atoms with Gasteiger partial charge in [0.1, 0.15) is 23.7 Å². The number of ether oxygens (including phenoxy) is 1. The third-order valence-corrected chi connectivity index (χ3v) is 13.2. The first-order valence-corrected chi connectivity index (χ1v) is 20.7. The molecule has 1 aromatic heterocycles. The summed E-state index contributed by atoms with van der Waals surface area (Å²) >= 11 is 6.14. The Morgan fingerprint density at radius 2 is 1.64 bits per heavy atom. The number of nitrogens with one attached hydrogen (secondary N) is 2. The van der Waals surface area contributed by atoms with Gasteiger partial charge in [0.25, 0.3) is 17.7 Å². The maximum atomic E-state index is 15.6. The van der Waals surface area contributed by atoms with Crippen LogP contribution in [0.5, 0.6) is 5.75 Å². The van der Waals surface area contributed by atoms with Crippen LogP contribution in [0.4, 0.5) is 15.9 Å². The van der Waals surface area contributed by atoms with Crippen molar-refractivity contribution >= 4 is 52.6 Å². The minimum Gasteiger partial charge on any atom is -0.490 e. The van der Waals surface area contributed by atoms with E-state index in [-0.39, 0.29) is 65.5 Å². The molecular formula is C42H43ClFN9O6. The SMILES string of the molecule is N#Cc1ccc(OC2CCC(NC(=O)c3ccc(N4CCC(CN5C6CC5CN(c5cc7c(cc5F)C(=O)N(C5CCC(=O)NC5=O)C7=O)C6)CC4)nn3)CC2)cc1Cl. The molecule has 0 radical (unpaired) electrons. The minimum atomic E-state index is -1.10. The van der Waals surface area contributed by atoms with Crippen molar-refractivity contribution in [2.45, 2.75) is 88.1 Å². The fourth-order valence-electron chi connectivity index (χ4n) is 9.60. The van der Waals surface area contributed by atoms with Crippen molar-refractivity contribution in [2.24, 2.45) is 5.92 Å². The average molecular weight is 824 g/mol. The van der Waals surface area contributed by atoms with E-state index >= 15 is 4.39 Å². The Labute approximate surface area is 344 Å². The highest BCUT2D eigenvalue weighted by Crippen LogP contribution is 2.39. The molecule has 6 aliphatic heterocycles. The summed E-state index contributed by atoms with van der Waals surface area (Å²) in [7, 11) is 0. The maximum absolute atomic E-state index is 15.6. The van der Waals surface area contributed by atoms with Gasteiger partial charge in [-0.05, 0) is 93.7 Å². The fraction of sp³-hybridized carbons (Fsp3) is 0.476. The number of amides is 5. The maximum Gasteiger partial charge on any atom is 0.272 e. The molecule has 306 valence electrons. The molecule has 7 heterocycles. The summed E-state index contributed by atoms with van der Waals surface area (Å²) in [6, 6.07) is 12.7. The number of hydrogen-bond donors (Lipinski definition) is 2. The first kappa shape index (κ1) is 38.8. The summed E-state index contributed by atoms with van der Waals surface area (Å²) in [6.45, 7) is 3.79. The second kappa shape index (κ2) is 15.8. The van der Waals surface area contributed by atoms with Crippen molar-refractivity contribution in [2.75, 3.05) is 42.5 Å². The summed E-state index contributed by atoms with van der Waals surface area (Å²) < 4.78 is 21.6. The Kier molecular flexibility index (Phi) is 10.4. The monoisotopic (exact) mass is 823 g/mol. The van der Waals surface area contributed by atoms with Crippen LogP contribution in [-0.2, 0) is 9.59 Å². The third kappa shape index (κ3) is 7.57. The molecule has 2 aromatic carbocycles. The molecule has 2 bridgehead atoms. The van der Waals surface area contributed by atoms with Crippen molar-refractivity contribution in [1.82, 2.24) is 30.6 Å². The average Bonchev–Trinajstić information content (AvgIpc) is 3.47. The molecule has 7 aliphatic rings. The van der Waals surface area contributed by atoms with Gasteiger partial charge in [-0.3, -0.25) is 39.1 Å². The van der Waals surface area contributed by atoms with E-state index in [1.807, 2.05) is 17.0 Å². The molecule has 3 aromatic rings. The van der Waals surface area contributed by atoms with Gasteiger partial charge in [-0.2, -0.15) is 5.26 Å². The van der Waals surface area contributed by atoms with Crippen LogP contribution in [0.1, 0.15) is 94.6 Å². The largest absolute Gasteiger partial charge is 0.490 e. The zero-order chi connectivity index (χ0) is 40.9. The third-order valence-electron chi connectivity index (χ3n) is 12.9. The van der Waals surface area contributed by atoms with Crippen molar-refractivity contribution < 1.29 is 33.1 Å². The number of carbonyl (C=O) groups excluding carboxylic acids is 5. The molecule has 0 spiro atoms. The standard InChI is InChI=1S/C42H43ClFN9O6/c43-32-16-29(4-1-24(32)19-45)59-28-5-2-25(3-6-28)46-39(55)34-7-9-37(49-48-34)50-13-11-23(12-14-50)20-52-26-15-27(52)22-51(21-26)36-18-31-30(17-33(36)44)41(57)53(42(31)58)35-8-10-38(54)47-40(35)56/h1,4,7,9,16-18,23,25-28,35H,2-3,5-6,8,10-15,20-22H2,(H,46,55)(H,47,54,56). The first-order valence-electron chi connectivity index (χ1n) is 20.3. The van der Waals surface area contributed by atoms with Crippen LogP contribution in [0.3, 0.4) is 0 Å². The molecule has 6 fully saturated rings. The number of aromatic nitrogens is 2. The zero-order valence-corrected chi connectivity index (χ0v) is 33.0. The minimum absolute atomic E-state index is 0.00593. The van der Waals surface area contributed by atoms with Gasteiger partial charge in [0.05, 0.1) is 33.5 Å². The van der Waals surface area contributed by atoms with Gasteiger partial charge >= 0.3 is 0 Å². The topological polar surface area (TPSA) is 181 Å². The first-order chi connectivity index (χ1) is 28.5. The highest BCUT2D eigenvalue weighted by molar-refractivity contribution is 6.31. The van der Waals surface area contributed by atoms with E-state index in [0.717, 1.165) is 81.4 Å². The second-order valence-corrected chi connectivity index (χ2v) is 16.9. The van der Waals surface area contributed by atoms with Gasteiger partial charge in [0, 0.05) is 63.3 Å². The predicted octanol–water partition coefficient (Wildman–Crippen LogP) is 3.84. The molecule has 17 heteroatoms. The lowest BCUT2D eigenvalue weighted by molar-refractivity contribution is -0.136. The molecular weight excluding hydrogens is 781 g/mol. The van der Waals surface area contributed by atoms with Gasteiger partial charge in [-0.1, -0.05) is 11.6 Å². The summed E-state index contributed by atoms with van der Waals surface area (Å²) in [6.07, 6.45) is 6.13. The van der Waals surface area contributed by atoms with Crippen molar-refractivity contribution in [3.05, 3.63) is 75.7 Å². The normalized spacial score (nSPS) is 25.9. The van der Waals surface area contributed by atoms with E-state index in [1.165, 1.54) is 6.07 Å². The van der Waals surface area contributed by atoms with Crippen molar-refractivity contribution in [3.8, 4) is 11.8 Å². The number of imide groups is 2. The van der Waals surface area contributed by atoms with Crippen LogP contribution in [0, 0.1) is 23.1 Å². The summed E-state index contributed by atoms with van der Waals surface area (Å²) in [5.74, 6) is -1.48. The number of anilines is 2. The van der Waals surface area contributed by atoms with E-state index in [9.17, 15) is 24.0 Å². The molecule has 10 rings (SSSR count). The van der Waals surface area contributed by atoms with E-state index in [2.05, 4.69) is 30.6 Å². The smallest absolute Gasteiger partial charge is 0.272 e. The van der Waals surface area contributed by atoms with Crippen LogP contribution in [0.25, 0.3) is 0 Å². The lowest BCUT2D eigenvalue weighted by Crippen LogP contribution is -2.69. The lowest BCUT2D eigenvalue weighted by atomic mass is 9.84. The Morgan fingerprint density at radius 3 is 2.31 bits per heavy atom. The highest BCUT2D eigenvalue weighted by atomic mass is 35.5. The Hall–Kier alpha value is -5.66. The second-order valence-electron chi connectivity index (χ2n) is 16.5. The van der Waals surface area contributed by atoms with Crippen molar-refractivity contribution in [3.63, 3.8) is 0 Å². The summed E-state index contributed by atoms with van der Waals surface area (Å²) in [5.41, 5.74) is 0.985. The number of benzene rings is 2. The molecule has 5 saturated heterocycles.